The lowest BCUT2D eigenvalue weighted by molar-refractivity contribution is -0.128. The van der Waals surface area contributed by atoms with Gasteiger partial charge in [0.2, 0.25) is 11.8 Å². The number of carbonyl (C=O) groups excluding carboxylic acids is 2. The highest BCUT2D eigenvalue weighted by atomic mass is 32.2. The average Bonchev–Trinajstić information content (AvgIpc) is 3.05. The maximum absolute atomic E-state index is 12.9. The molecule has 1 N–H and O–H groups in total. The molecule has 1 aliphatic rings. The van der Waals surface area contributed by atoms with Crippen molar-refractivity contribution in [1.82, 2.24) is 4.31 Å². The molecule has 0 spiro atoms. The molecule has 0 radical (unpaired) electrons. The van der Waals surface area contributed by atoms with E-state index in [2.05, 4.69) is 5.32 Å². The van der Waals surface area contributed by atoms with Crippen LogP contribution in [0.1, 0.15) is 30.9 Å². The van der Waals surface area contributed by atoms with E-state index in [1.54, 1.807) is 18.2 Å². The van der Waals surface area contributed by atoms with Gasteiger partial charge in [-0.3, -0.25) is 9.59 Å². The summed E-state index contributed by atoms with van der Waals surface area (Å²) in [4.78, 5) is 25.0. The van der Waals surface area contributed by atoms with E-state index in [0.29, 0.717) is 5.69 Å². The standard InChI is InChI=1S/C20H22N2O4S/c1-3-15-5-4-6-16(13-15)21-20(24)18-11-12-19(23)22(18)27(25,26)17-9-7-14(2)8-10-17/h4-10,13,18H,3,11-12H2,1-2H3,(H,21,24). The van der Waals surface area contributed by atoms with Crippen LogP contribution in [0.3, 0.4) is 0 Å². The van der Waals surface area contributed by atoms with Crippen LogP contribution in [0.2, 0.25) is 0 Å². The Labute approximate surface area is 159 Å². The number of anilines is 1. The van der Waals surface area contributed by atoms with E-state index in [9.17, 15) is 18.0 Å². The van der Waals surface area contributed by atoms with E-state index < -0.39 is 27.9 Å². The number of hydrogen-bond donors (Lipinski definition) is 1. The lowest BCUT2D eigenvalue weighted by atomic mass is 10.1. The molecule has 1 unspecified atom stereocenters. The number of rotatable bonds is 5. The second kappa shape index (κ2) is 7.52. The molecule has 1 fully saturated rings. The predicted octanol–water partition coefficient (Wildman–Crippen LogP) is 2.88. The molecule has 0 aromatic heterocycles. The van der Waals surface area contributed by atoms with E-state index in [-0.39, 0.29) is 17.7 Å². The summed E-state index contributed by atoms with van der Waals surface area (Å²) in [6.45, 7) is 3.85. The number of benzene rings is 2. The van der Waals surface area contributed by atoms with Crippen LogP contribution in [0.25, 0.3) is 0 Å². The fraction of sp³-hybridized carbons (Fsp3) is 0.300. The summed E-state index contributed by atoms with van der Waals surface area (Å²) in [6, 6.07) is 12.6. The number of sulfonamides is 1. The van der Waals surface area contributed by atoms with Gasteiger partial charge in [-0.2, -0.15) is 0 Å². The number of aryl methyl sites for hydroxylation is 2. The molecule has 27 heavy (non-hydrogen) atoms. The molecule has 0 saturated carbocycles. The molecule has 1 atom stereocenters. The zero-order valence-corrected chi connectivity index (χ0v) is 16.1. The molecule has 0 aliphatic carbocycles. The Balaban J connectivity index is 1.87. The first-order chi connectivity index (χ1) is 12.8. The van der Waals surface area contributed by atoms with Crippen molar-refractivity contribution in [3.63, 3.8) is 0 Å². The molecule has 3 rings (SSSR count). The molecule has 2 aromatic carbocycles. The minimum Gasteiger partial charge on any atom is -0.324 e. The molecular weight excluding hydrogens is 364 g/mol. The summed E-state index contributed by atoms with van der Waals surface area (Å²) >= 11 is 0. The second-order valence-corrected chi connectivity index (χ2v) is 8.42. The SMILES string of the molecule is CCc1cccc(NC(=O)C2CCC(=O)N2S(=O)(=O)c2ccc(C)cc2)c1. The first kappa shape index (κ1) is 19.1. The van der Waals surface area contributed by atoms with E-state index in [1.165, 1.54) is 12.1 Å². The Kier molecular flexibility index (Phi) is 5.32. The maximum atomic E-state index is 12.9. The molecule has 2 amide bonds. The number of nitrogens with one attached hydrogen (secondary N) is 1. The van der Waals surface area contributed by atoms with Crippen LogP contribution >= 0.6 is 0 Å². The summed E-state index contributed by atoms with van der Waals surface area (Å²) in [6.07, 6.45) is 1.01. The third kappa shape index (κ3) is 3.88. The van der Waals surface area contributed by atoms with Crippen LogP contribution in [-0.4, -0.2) is 30.6 Å². The lowest BCUT2D eigenvalue weighted by Crippen LogP contribution is -2.45. The molecule has 1 aliphatic heterocycles. The normalized spacial score (nSPS) is 17.2. The predicted molar refractivity (Wildman–Crippen MR) is 103 cm³/mol. The topological polar surface area (TPSA) is 83.6 Å². The van der Waals surface area contributed by atoms with Crippen molar-refractivity contribution in [3.8, 4) is 0 Å². The van der Waals surface area contributed by atoms with E-state index in [4.69, 9.17) is 0 Å². The van der Waals surface area contributed by atoms with E-state index in [1.807, 2.05) is 32.0 Å². The number of nitrogens with zero attached hydrogens (tertiary/aromatic N) is 1. The molecule has 6 nitrogen and oxygen atoms in total. The van der Waals surface area contributed by atoms with Gasteiger partial charge >= 0.3 is 0 Å². The van der Waals surface area contributed by atoms with Gasteiger partial charge in [-0.15, -0.1) is 0 Å². The third-order valence-electron chi connectivity index (χ3n) is 4.64. The monoisotopic (exact) mass is 386 g/mol. The average molecular weight is 386 g/mol. The summed E-state index contributed by atoms with van der Waals surface area (Å²) in [7, 11) is -4.08. The molecule has 142 valence electrons. The first-order valence-corrected chi connectivity index (χ1v) is 10.3. The van der Waals surface area contributed by atoms with Crippen molar-refractivity contribution in [2.45, 2.75) is 44.0 Å². The van der Waals surface area contributed by atoms with Gasteiger partial charge in [0, 0.05) is 12.1 Å². The number of hydrogen-bond acceptors (Lipinski definition) is 4. The highest BCUT2D eigenvalue weighted by molar-refractivity contribution is 7.89. The largest absolute Gasteiger partial charge is 0.324 e. The summed E-state index contributed by atoms with van der Waals surface area (Å²) in [5.41, 5.74) is 2.55. The van der Waals surface area contributed by atoms with Crippen molar-refractivity contribution >= 4 is 27.5 Å². The summed E-state index contributed by atoms with van der Waals surface area (Å²) < 4.78 is 26.6. The molecule has 0 bridgehead atoms. The van der Waals surface area contributed by atoms with Crippen molar-refractivity contribution in [2.75, 3.05) is 5.32 Å². The third-order valence-corrected chi connectivity index (χ3v) is 6.49. The van der Waals surface area contributed by atoms with Crippen molar-refractivity contribution in [2.24, 2.45) is 0 Å². The second-order valence-electron chi connectivity index (χ2n) is 6.61. The molecule has 7 heteroatoms. The minimum atomic E-state index is -4.08. The van der Waals surface area contributed by atoms with Crippen molar-refractivity contribution in [1.29, 1.82) is 0 Å². The molecule has 1 heterocycles. The Morgan fingerprint density at radius 1 is 1.19 bits per heavy atom. The van der Waals surface area contributed by atoms with Crippen LogP contribution in [0.15, 0.2) is 53.4 Å². The van der Waals surface area contributed by atoms with Crippen LogP contribution in [-0.2, 0) is 26.0 Å². The summed E-state index contributed by atoms with van der Waals surface area (Å²) in [5.74, 6) is -1.05. The molecule has 1 saturated heterocycles. The van der Waals surface area contributed by atoms with E-state index in [0.717, 1.165) is 21.9 Å². The van der Waals surface area contributed by atoms with Crippen molar-refractivity contribution < 1.29 is 18.0 Å². The van der Waals surface area contributed by atoms with Gasteiger partial charge in [-0.05, 0) is 49.6 Å². The Morgan fingerprint density at radius 2 is 1.89 bits per heavy atom. The van der Waals surface area contributed by atoms with Gasteiger partial charge in [-0.25, -0.2) is 12.7 Å². The zero-order valence-electron chi connectivity index (χ0n) is 15.3. The Bertz CT molecular complexity index is 968. The van der Waals surface area contributed by atoms with Crippen LogP contribution in [0.4, 0.5) is 5.69 Å². The fourth-order valence-electron chi connectivity index (χ4n) is 3.12. The van der Waals surface area contributed by atoms with Crippen LogP contribution in [0.5, 0.6) is 0 Å². The number of amides is 2. The smallest absolute Gasteiger partial charge is 0.267 e. The van der Waals surface area contributed by atoms with Crippen LogP contribution in [0, 0.1) is 6.92 Å². The molecule has 2 aromatic rings. The van der Waals surface area contributed by atoms with E-state index >= 15 is 0 Å². The first-order valence-electron chi connectivity index (χ1n) is 8.86. The van der Waals surface area contributed by atoms with Gasteiger partial charge in [0.25, 0.3) is 10.0 Å². The Morgan fingerprint density at radius 3 is 2.56 bits per heavy atom. The van der Waals surface area contributed by atoms with Gasteiger partial charge < -0.3 is 5.32 Å². The highest BCUT2D eigenvalue weighted by Crippen LogP contribution is 2.28. The van der Waals surface area contributed by atoms with Crippen molar-refractivity contribution in [3.05, 3.63) is 59.7 Å². The minimum absolute atomic E-state index is 0.00845. The Hall–Kier alpha value is -2.67. The van der Waals surface area contributed by atoms with Gasteiger partial charge in [-0.1, -0.05) is 36.8 Å². The quantitative estimate of drug-likeness (QED) is 0.856. The number of carbonyl (C=O) groups is 2. The van der Waals surface area contributed by atoms with Gasteiger partial charge in [0.1, 0.15) is 6.04 Å². The maximum Gasteiger partial charge on any atom is 0.267 e. The molecular formula is C20H22N2O4S. The summed E-state index contributed by atoms with van der Waals surface area (Å²) in [5, 5.41) is 2.74. The highest BCUT2D eigenvalue weighted by Gasteiger charge is 2.44. The fourth-order valence-corrected chi connectivity index (χ4v) is 4.72. The van der Waals surface area contributed by atoms with Gasteiger partial charge in [0.15, 0.2) is 0 Å². The van der Waals surface area contributed by atoms with Gasteiger partial charge in [0.05, 0.1) is 4.90 Å². The zero-order chi connectivity index (χ0) is 19.6. The van der Waals surface area contributed by atoms with Crippen LogP contribution < -0.4 is 5.32 Å². The lowest BCUT2D eigenvalue weighted by Gasteiger charge is -2.24.